The molecule has 0 radical (unpaired) electrons. The molecule has 0 aliphatic rings. The Bertz CT molecular complexity index is 416. The largest absolute Gasteiger partial charge is 0.394 e. The quantitative estimate of drug-likeness (QED) is 0.250. The van der Waals surface area contributed by atoms with E-state index in [1.165, 1.54) is 49.7 Å². The van der Waals surface area contributed by atoms with E-state index in [1.54, 1.807) is 0 Å². The summed E-state index contributed by atoms with van der Waals surface area (Å²) in [7, 11) is 0. The van der Waals surface area contributed by atoms with E-state index in [0.29, 0.717) is 26.2 Å². The third-order valence-corrected chi connectivity index (χ3v) is 4.61. The SMILES string of the molecule is CCCCC(C)=CCCC=C(C)CCCCCCC(=O)NCCOCCO. The van der Waals surface area contributed by atoms with Gasteiger partial charge < -0.3 is 15.2 Å². The van der Waals surface area contributed by atoms with Crippen LogP contribution in [0, 0.1) is 0 Å². The number of carbonyl (C=O) groups is 1. The summed E-state index contributed by atoms with van der Waals surface area (Å²) < 4.78 is 5.10. The molecule has 1 amide bonds. The first-order valence-corrected chi connectivity index (χ1v) is 10.9. The average molecular weight is 382 g/mol. The topological polar surface area (TPSA) is 58.6 Å². The summed E-state index contributed by atoms with van der Waals surface area (Å²) in [6.07, 6.45) is 17.1. The molecule has 0 fully saturated rings. The highest BCUT2D eigenvalue weighted by atomic mass is 16.5. The molecule has 0 aromatic heterocycles. The number of carbonyl (C=O) groups excluding carboxylic acids is 1. The molecule has 0 atom stereocenters. The van der Waals surface area contributed by atoms with Crippen molar-refractivity contribution in [2.75, 3.05) is 26.4 Å². The number of amides is 1. The minimum atomic E-state index is 0.0262. The van der Waals surface area contributed by atoms with Gasteiger partial charge in [-0.1, -0.05) is 49.5 Å². The Morgan fingerprint density at radius 1 is 0.889 bits per heavy atom. The van der Waals surface area contributed by atoms with E-state index in [0.717, 1.165) is 25.7 Å². The van der Waals surface area contributed by atoms with Gasteiger partial charge in [0.2, 0.25) is 5.91 Å². The molecule has 2 N–H and O–H groups in total. The molecule has 158 valence electrons. The molecule has 0 bridgehead atoms. The van der Waals surface area contributed by atoms with Gasteiger partial charge in [-0.05, 0) is 58.8 Å². The van der Waals surface area contributed by atoms with Gasteiger partial charge in [0.25, 0.3) is 0 Å². The van der Waals surface area contributed by atoms with Crippen LogP contribution in [-0.2, 0) is 9.53 Å². The number of rotatable bonds is 18. The summed E-state index contributed by atoms with van der Waals surface area (Å²) in [6, 6.07) is 0. The summed E-state index contributed by atoms with van der Waals surface area (Å²) >= 11 is 0. The number of nitrogens with one attached hydrogen (secondary N) is 1. The molecule has 0 aromatic rings. The number of aliphatic hydroxyl groups is 1. The van der Waals surface area contributed by atoms with E-state index in [9.17, 15) is 4.79 Å². The van der Waals surface area contributed by atoms with Gasteiger partial charge in [0, 0.05) is 13.0 Å². The monoisotopic (exact) mass is 381 g/mol. The molecule has 4 nitrogen and oxygen atoms in total. The lowest BCUT2D eigenvalue weighted by Gasteiger charge is -2.06. The van der Waals surface area contributed by atoms with E-state index in [2.05, 4.69) is 38.2 Å². The molecule has 0 saturated heterocycles. The first kappa shape index (κ1) is 25.9. The Morgan fingerprint density at radius 3 is 2.07 bits per heavy atom. The second kappa shape index (κ2) is 19.6. The Balaban J connectivity index is 3.53. The fraction of sp³-hybridized carbons (Fsp3) is 0.783. The van der Waals surface area contributed by atoms with Crippen LogP contribution < -0.4 is 5.32 Å². The first-order chi connectivity index (χ1) is 13.1. The predicted molar refractivity (Wildman–Crippen MR) is 115 cm³/mol. The normalized spacial score (nSPS) is 12.4. The summed E-state index contributed by atoms with van der Waals surface area (Å²) in [4.78, 5) is 11.6. The smallest absolute Gasteiger partial charge is 0.220 e. The van der Waals surface area contributed by atoms with Crippen molar-refractivity contribution in [2.24, 2.45) is 0 Å². The van der Waals surface area contributed by atoms with Crippen molar-refractivity contribution < 1.29 is 14.6 Å². The zero-order chi connectivity index (χ0) is 20.2. The van der Waals surface area contributed by atoms with Crippen molar-refractivity contribution in [3.05, 3.63) is 23.3 Å². The number of unbranched alkanes of at least 4 members (excludes halogenated alkanes) is 5. The van der Waals surface area contributed by atoms with Gasteiger partial charge in [0.05, 0.1) is 19.8 Å². The van der Waals surface area contributed by atoms with Gasteiger partial charge >= 0.3 is 0 Å². The van der Waals surface area contributed by atoms with Crippen LogP contribution in [-0.4, -0.2) is 37.4 Å². The molecule has 0 heterocycles. The lowest BCUT2D eigenvalue weighted by atomic mass is 10.0. The highest BCUT2D eigenvalue weighted by molar-refractivity contribution is 5.75. The van der Waals surface area contributed by atoms with Gasteiger partial charge in [-0.2, -0.15) is 0 Å². The Morgan fingerprint density at radius 2 is 1.48 bits per heavy atom. The summed E-state index contributed by atoms with van der Waals surface area (Å²) in [5.41, 5.74) is 3.03. The van der Waals surface area contributed by atoms with Crippen LogP contribution in [0.4, 0.5) is 0 Å². The van der Waals surface area contributed by atoms with E-state index in [-0.39, 0.29) is 12.5 Å². The summed E-state index contributed by atoms with van der Waals surface area (Å²) in [5.74, 6) is 0.0981. The second-order valence-electron chi connectivity index (χ2n) is 7.38. The Kier molecular flexibility index (Phi) is 18.8. The standard InChI is InChI=1S/C23H43NO3/c1-4-5-12-21(2)14-10-11-15-22(3)13-8-6-7-9-16-23(26)24-17-19-27-20-18-25/h14-15,25H,4-13,16-20H2,1-3H3,(H,24,26). The summed E-state index contributed by atoms with van der Waals surface area (Å²) in [6.45, 7) is 8.07. The fourth-order valence-corrected chi connectivity index (χ4v) is 2.88. The lowest BCUT2D eigenvalue weighted by molar-refractivity contribution is -0.121. The number of allylic oxidation sites excluding steroid dienone is 4. The maximum absolute atomic E-state index is 11.6. The van der Waals surface area contributed by atoms with Gasteiger partial charge in [-0.3, -0.25) is 4.79 Å². The van der Waals surface area contributed by atoms with Crippen LogP contribution in [0.2, 0.25) is 0 Å². The van der Waals surface area contributed by atoms with Crippen LogP contribution in [0.15, 0.2) is 23.3 Å². The van der Waals surface area contributed by atoms with Gasteiger partial charge in [0.1, 0.15) is 0 Å². The van der Waals surface area contributed by atoms with Crippen LogP contribution in [0.3, 0.4) is 0 Å². The summed E-state index contributed by atoms with van der Waals surface area (Å²) in [5, 5.41) is 11.4. The van der Waals surface area contributed by atoms with Gasteiger partial charge in [-0.15, -0.1) is 0 Å². The fourth-order valence-electron chi connectivity index (χ4n) is 2.88. The highest BCUT2D eigenvalue weighted by Gasteiger charge is 2.00. The number of ether oxygens (including phenoxy) is 1. The molecule has 0 spiro atoms. The second-order valence-corrected chi connectivity index (χ2v) is 7.38. The van der Waals surface area contributed by atoms with E-state index >= 15 is 0 Å². The van der Waals surface area contributed by atoms with Crippen LogP contribution in [0.1, 0.15) is 91.4 Å². The molecule has 0 aliphatic heterocycles. The van der Waals surface area contributed by atoms with Crippen molar-refractivity contribution in [1.82, 2.24) is 5.32 Å². The van der Waals surface area contributed by atoms with Crippen molar-refractivity contribution in [1.29, 1.82) is 0 Å². The first-order valence-electron chi connectivity index (χ1n) is 10.9. The van der Waals surface area contributed by atoms with Crippen molar-refractivity contribution in [2.45, 2.75) is 91.4 Å². The van der Waals surface area contributed by atoms with Crippen LogP contribution in [0.5, 0.6) is 0 Å². The molecular formula is C23H43NO3. The zero-order valence-corrected chi connectivity index (χ0v) is 18.0. The van der Waals surface area contributed by atoms with Crippen molar-refractivity contribution in [3.63, 3.8) is 0 Å². The van der Waals surface area contributed by atoms with E-state index < -0.39 is 0 Å². The minimum Gasteiger partial charge on any atom is -0.394 e. The molecule has 4 heteroatoms. The van der Waals surface area contributed by atoms with Gasteiger partial charge in [0.15, 0.2) is 0 Å². The molecule has 0 rings (SSSR count). The number of hydrogen-bond donors (Lipinski definition) is 2. The van der Waals surface area contributed by atoms with E-state index in [1.807, 2.05) is 0 Å². The lowest BCUT2D eigenvalue weighted by Crippen LogP contribution is -2.27. The van der Waals surface area contributed by atoms with Crippen molar-refractivity contribution >= 4 is 5.91 Å². The maximum Gasteiger partial charge on any atom is 0.220 e. The van der Waals surface area contributed by atoms with Gasteiger partial charge in [-0.25, -0.2) is 0 Å². The molecule has 0 unspecified atom stereocenters. The zero-order valence-electron chi connectivity index (χ0n) is 18.0. The van der Waals surface area contributed by atoms with E-state index in [4.69, 9.17) is 9.84 Å². The minimum absolute atomic E-state index is 0.0262. The third-order valence-electron chi connectivity index (χ3n) is 4.61. The Labute approximate surface area is 167 Å². The maximum atomic E-state index is 11.6. The molecule has 0 aromatic carbocycles. The Hall–Kier alpha value is -1.13. The highest BCUT2D eigenvalue weighted by Crippen LogP contribution is 2.13. The molecular weight excluding hydrogens is 338 g/mol. The van der Waals surface area contributed by atoms with Crippen LogP contribution in [0.25, 0.3) is 0 Å². The number of hydrogen-bond acceptors (Lipinski definition) is 3. The average Bonchev–Trinajstić information content (AvgIpc) is 2.66. The van der Waals surface area contributed by atoms with Crippen molar-refractivity contribution in [3.8, 4) is 0 Å². The predicted octanol–water partition coefficient (Wildman–Crippen LogP) is 5.32. The molecule has 27 heavy (non-hydrogen) atoms. The number of aliphatic hydroxyl groups excluding tert-OH is 1. The molecule has 0 aliphatic carbocycles. The molecule has 0 saturated carbocycles. The third kappa shape index (κ3) is 19.4. The van der Waals surface area contributed by atoms with Crippen LogP contribution >= 0.6 is 0 Å².